The Hall–Kier alpha value is -1.89. The van der Waals surface area contributed by atoms with Crippen LogP contribution in [0, 0.1) is 17.1 Å². The van der Waals surface area contributed by atoms with Gasteiger partial charge in [-0.1, -0.05) is 12.1 Å². The Morgan fingerprint density at radius 1 is 1.56 bits per heavy atom. The number of benzene rings is 1. The van der Waals surface area contributed by atoms with E-state index >= 15 is 0 Å². The van der Waals surface area contributed by atoms with Gasteiger partial charge in [0.05, 0.1) is 12.5 Å². The summed E-state index contributed by atoms with van der Waals surface area (Å²) < 4.78 is 12.9. The zero-order valence-electron chi connectivity index (χ0n) is 9.11. The van der Waals surface area contributed by atoms with E-state index in [1.54, 1.807) is 19.1 Å². The number of hydrogen-bond acceptors (Lipinski definition) is 2. The lowest BCUT2D eigenvalue weighted by Gasteiger charge is -2.16. The lowest BCUT2D eigenvalue weighted by Crippen LogP contribution is -2.32. The summed E-state index contributed by atoms with van der Waals surface area (Å²) in [6.07, 6.45) is 0.132. The summed E-state index contributed by atoms with van der Waals surface area (Å²) >= 11 is 0. The van der Waals surface area contributed by atoms with Gasteiger partial charge in [-0.3, -0.25) is 4.79 Å². The van der Waals surface area contributed by atoms with Gasteiger partial charge < -0.3 is 4.90 Å². The molecule has 0 aliphatic carbocycles. The third-order valence-corrected chi connectivity index (χ3v) is 2.24. The predicted molar refractivity (Wildman–Crippen MR) is 58.0 cm³/mol. The Morgan fingerprint density at radius 3 is 2.88 bits per heavy atom. The average Bonchev–Trinajstić information content (AvgIpc) is 2.25. The monoisotopic (exact) mass is 220 g/mol. The molecule has 0 aliphatic rings. The van der Waals surface area contributed by atoms with Gasteiger partial charge >= 0.3 is 0 Å². The molecule has 0 fully saturated rings. The molecule has 0 saturated carbocycles. The second-order valence-electron chi connectivity index (χ2n) is 3.37. The minimum atomic E-state index is -0.353. The van der Waals surface area contributed by atoms with E-state index < -0.39 is 0 Å². The normalized spacial score (nSPS) is 9.56. The molecule has 16 heavy (non-hydrogen) atoms. The number of nitrogens with zero attached hydrogens (tertiary/aromatic N) is 2. The first-order valence-electron chi connectivity index (χ1n) is 5.06. The van der Waals surface area contributed by atoms with Gasteiger partial charge in [0.2, 0.25) is 5.91 Å². The minimum absolute atomic E-state index is 0.0741. The number of nitriles is 1. The summed E-state index contributed by atoms with van der Waals surface area (Å²) in [6.45, 7) is 2.37. The molecule has 0 radical (unpaired) electrons. The van der Waals surface area contributed by atoms with E-state index in [0.29, 0.717) is 12.1 Å². The molecule has 0 aromatic heterocycles. The Morgan fingerprint density at radius 2 is 2.31 bits per heavy atom. The molecule has 0 bridgehead atoms. The molecular weight excluding hydrogens is 207 g/mol. The molecule has 84 valence electrons. The fraction of sp³-hybridized carbons (Fsp3) is 0.333. The smallest absolute Gasteiger partial charge is 0.227 e. The van der Waals surface area contributed by atoms with Gasteiger partial charge in [0.25, 0.3) is 0 Å². The van der Waals surface area contributed by atoms with Crippen LogP contribution in [-0.4, -0.2) is 23.9 Å². The highest BCUT2D eigenvalue weighted by atomic mass is 19.1. The van der Waals surface area contributed by atoms with Gasteiger partial charge in [-0.2, -0.15) is 5.26 Å². The van der Waals surface area contributed by atoms with E-state index in [2.05, 4.69) is 0 Å². The molecule has 0 aliphatic heterocycles. The van der Waals surface area contributed by atoms with Crippen molar-refractivity contribution in [2.24, 2.45) is 0 Å². The van der Waals surface area contributed by atoms with E-state index in [9.17, 15) is 9.18 Å². The van der Waals surface area contributed by atoms with Crippen molar-refractivity contribution in [1.82, 2.24) is 4.90 Å². The zero-order valence-corrected chi connectivity index (χ0v) is 9.11. The lowest BCUT2D eigenvalue weighted by atomic mass is 10.1. The first-order valence-corrected chi connectivity index (χ1v) is 5.06. The summed E-state index contributed by atoms with van der Waals surface area (Å²) in [4.78, 5) is 13.1. The number of amides is 1. The topological polar surface area (TPSA) is 44.1 Å². The van der Waals surface area contributed by atoms with Crippen LogP contribution in [0.2, 0.25) is 0 Å². The Labute approximate surface area is 94.1 Å². The van der Waals surface area contributed by atoms with Gasteiger partial charge in [-0.05, 0) is 24.6 Å². The van der Waals surface area contributed by atoms with Gasteiger partial charge in [0.1, 0.15) is 12.4 Å². The number of rotatable bonds is 4. The molecule has 0 heterocycles. The first-order chi connectivity index (χ1) is 7.67. The lowest BCUT2D eigenvalue weighted by molar-refractivity contribution is -0.129. The van der Waals surface area contributed by atoms with Crippen molar-refractivity contribution >= 4 is 5.91 Å². The van der Waals surface area contributed by atoms with E-state index in [1.807, 2.05) is 6.07 Å². The average molecular weight is 220 g/mol. The fourth-order valence-corrected chi connectivity index (χ4v) is 1.40. The van der Waals surface area contributed by atoms with Gasteiger partial charge in [0.15, 0.2) is 0 Å². The number of hydrogen-bond donors (Lipinski definition) is 0. The van der Waals surface area contributed by atoms with Crippen molar-refractivity contribution < 1.29 is 9.18 Å². The highest BCUT2D eigenvalue weighted by molar-refractivity contribution is 5.78. The Kier molecular flexibility index (Phi) is 4.46. The third kappa shape index (κ3) is 3.35. The van der Waals surface area contributed by atoms with Crippen molar-refractivity contribution in [3.8, 4) is 6.07 Å². The number of carbonyl (C=O) groups is 1. The number of likely N-dealkylation sites (N-methyl/N-ethyl adjacent to an activating group) is 1. The van der Waals surface area contributed by atoms with Gasteiger partial charge in [0, 0.05) is 6.54 Å². The van der Waals surface area contributed by atoms with E-state index in [1.165, 1.54) is 17.0 Å². The molecule has 0 N–H and O–H groups in total. The fourth-order valence-electron chi connectivity index (χ4n) is 1.40. The second-order valence-corrected chi connectivity index (χ2v) is 3.37. The maximum absolute atomic E-state index is 12.9. The van der Waals surface area contributed by atoms with Crippen LogP contribution in [0.15, 0.2) is 24.3 Å². The van der Waals surface area contributed by atoms with Gasteiger partial charge in [-0.15, -0.1) is 0 Å². The van der Waals surface area contributed by atoms with Crippen molar-refractivity contribution in [1.29, 1.82) is 5.26 Å². The standard InChI is InChI=1S/C12H13FN2O/c1-2-15(7-6-14)12(16)9-10-4-3-5-11(13)8-10/h3-5,8H,2,7,9H2,1H3. The zero-order chi connectivity index (χ0) is 12.0. The molecule has 4 heteroatoms. The summed E-state index contributed by atoms with van der Waals surface area (Å²) in [5, 5.41) is 8.52. The number of halogens is 1. The highest BCUT2D eigenvalue weighted by Crippen LogP contribution is 2.06. The summed E-state index contributed by atoms with van der Waals surface area (Å²) in [6, 6.07) is 7.86. The Balaban J connectivity index is 2.67. The molecule has 1 amide bonds. The molecule has 1 aromatic carbocycles. The molecule has 0 saturated heterocycles. The minimum Gasteiger partial charge on any atom is -0.329 e. The molecular formula is C12H13FN2O. The maximum atomic E-state index is 12.9. The van der Waals surface area contributed by atoms with Crippen molar-refractivity contribution in [2.75, 3.05) is 13.1 Å². The van der Waals surface area contributed by atoms with Crippen LogP contribution in [-0.2, 0) is 11.2 Å². The molecule has 0 spiro atoms. The van der Waals surface area contributed by atoms with Gasteiger partial charge in [-0.25, -0.2) is 4.39 Å². The van der Waals surface area contributed by atoms with Crippen molar-refractivity contribution in [3.63, 3.8) is 0 Å². The van der Waals surface area contributed by atoms with Crippen LogP contribution < -0.4 is 0 Å². The van der Waals surface area contributed by atoms with E-state index in [0.717, 1.165) is 0 Å². The summed E-state index contributed by atoms with van der Waals surface area (Å²) in [5.41, 5.74) is 0.626. The van der Waals surface area contributed by atoms with Crippen molar-refractivity contribution in [2.45, 2.75) is 13.3 Å². The van der Waals surface area contributed by atoms with Crippen LogP contribution in [0.25, 0.3) is 0 Å². The van der Waals surface area contributed by atoms with Crippen LogP contribution in [0.4, 0.5) is 4.39 Å². The molecule has 1 aromatic rings. The maximum Gasteiger partial charge on any atom is 0.227 e. The highest BCUT2D eigenvalue weighted by Gasteiger charge is 2.11. The largest absolute Gasteiger partial charge is 0.329 e. The van der Waals surface area contributed by atoms with Crippen LogP contribution >= 0.6 is 0 Å². The predicted octanol–water partition coefficient (Wildman–Crippen LogP) is 1.74. The number of carbonyl (C=O) groups excluding carboxylic acids is 1. The molecule has 0 unspecified atom stereocenters. The van der Waals surface area contributed by atoms with Crippen LogP contribution in [0.5, 0.6) is 0 Å². The van der Waals surface area contributed by atoms with Crippen LogP contribution in [0.1, 0.15) is 12.5 Å². The molecule has 3 nitrogen and oxygen atoms in total. The molecule has 0 atom stereocenters. The first kappa shape index (κ1) is 12.2. The van der Waals surface area contributed by atoms with E-state index in [-0.39, 0.29) is 24.7 Å². The van der Waals surface area contributed by atoms with E-state index in [4.69, 9.17) is 5.26 Å². The quantitative estimate of drug-likeness (QED) is 0.725. The third-order valence-electron chi connectivity index (χ3n) is 2.24. The second kappa shape index (κ2) is 5.86. The SMILES string of the molecule is CCN(CC#N)C(=O)Cc1cccc(F)c1. The van der Waals surface area contributed by atoms with Crippen LogP contribution in [0.3, 0.4) is 0 Å². The van der Waals surface area contributed by atoms with Crippen molar-refractivity contribution in [3.05, 3.63) is 35.6 Å². The summed E-state index contributed by atoms with van der Waals surface area (Å²) in [5.74, 6) is -0.511. The molecule has 1 rings (SSSR count). The Bertz CT molecular complexity index is 412. The summed E-state index contributed by atoms with van der Waals surface area (Å²) in [7, 11) is 0.